The van der Waals surface area contributed by atoms with E-state index in [0.717, 1.165) is 33.0 Å². The summed E-state index contributed by atoms with van der Waals surface area (Å²) in [5.74, 6) is 0.671. The highest BCUT2D eigenvalue weighted by atomic mass is 35.5. The predicted molar refractivity (Wildman–Crippen MR) is 127 cm³/mol. The highest BCUT2D eigenvalue weighted by molar-refractivity contribution is 7.92. The lowest BCUT2D eigenvalue weighted by atomic mass is 9.93. The molecule has 2 rings (SSSR count). The number of benzene rings is 2. The molecule has 31 heavy (non-hydrogen) atoms. The molecule has 0 spiro atoms. The first-order chi connectivity index (χ1) is 14.4. The van der Waals surface area contributed by atoms with Gasteiger partial charge in [0.05, 0.1) is 25.1 Å². The summed E-state index contributed by atoms with van der Waals surface area (Å²) in [5, 5.41) is 3.45. The van der Waals surface area contributed by atoms with Crippen molar-refractivity contribution in [3.8, 4) is 5.75 Å². The van der Waals surface area contributed by atoms with Crippen molar-refractivity contribution in [1.82, 2.24) is 5.32 Å². The second-order valence-corrected chi connectivity index (χ2v) is 10.3. The zero-order chi connectivity index (χ0) is 23.5. The Morgan fingerprint density at radius 1 is 1.06 bits per heavy atom. The molecule has 0 unspecified atom stereocenters. The molecule has 6 nitrogen and oxygen atoms in total. The highest BCUT2D eigenvalue weighted by Crippen LogP contribution is 2.32. The maximum Gasteiger partial charge on any atom is 0.244 e. The van der Waals surface area contributed by atoms with Crippen LogP contribution < -0.4 is 14.4 Å². The van der Waals surface area contributed by atoms with Gasteiger partial charge in [0.25, 0.3) is 0 Å². The highest BCUT2D eigenvalue weighted by Gasteiger charge is 2.30. The number of hydrogen-bond donors (Lipinski definition) is 1. The van der Waals surface area contributed by atoms with Crippen LogP contribution in [0.5, 0.6) is 5.75 Å². The normalized spacial score (nSPS) is 13.6. The minimum absolute atomic E-state index is 0.252. The molecule has 0 saturated carbocycles. The van der Waals surface area contributed by atoms with Crippen molar-refractivity contribution in [1.29, 1.82) is 0 Å². The van der Waals surface area contributed by atoms with Gasteiger partial charge in [-0.15, -0.1) is 0 Å². The Hall–Kier alpha value is -2.25. The average molecular weight is 467 g/mol. The standard InChI is InChI=1S/C23H31ClN2O4S/c1-14(2)20-13-21(15(3)12-22(20)30-6)16(4)25-23(27)17(5)26(31(7,28)29)19-10-8-18(24)9-11-19/h8-14,16-17H,1-7H3,(H,25,27)/t16-,17-/m1/s1. The summed E-state index contributed by atoms with van der Waals surface area (Å²) in [6.07, 6.45) is 1.08. The Labute approximate surface area is 190 Å². The van der Waals surface area contributed by atoms with E-state index in [0.29, 0.717) is 10.7 Å². The topological polar surface area (TPSA) is 75.7 Å². The van der Waals surface area contributed by atoms with Gasteiger partial charge in [-0.2, -0.15) is 0 Å². The first-order valence-electron chi connectivity index (χ1n) is 10.1. The van der Waals surface area contributed by atoms with Crippen LogP contribution in [0.15, 0.2) is 36.4 Å². The van der Waals surface area contributed by atoms with E-state index in [9.17, 15) is 13.2 Å². The SMILES string of the molecule is COc1cc(C)c([C@@H](C)NC(=O)[C@@H](C)N(c2ccc(Cl)cc2)S(C)(=O)=O)cc1C(C)C. The first-order valence-corrected chi connectivity index (χ1v) is 12.3. The molecule has 1 N–H and O–H groups in total. The minimum atomic E-state index is -3.70. The quantitative estimate of drug-likeness (QED) is 0.605. The monoisotopic (exact) mass is 466 g/mol. The van der Waals surface area contributed by atoms with Gasteiger partial charge in [-0.25, -0.2) is 8.42 Å². The molecule has 0 fully saturated rings. The second-order valence-electron chi connectivity index (χ2n) is 8.05. The Kier molecular flexibility index (Phi) is 8.00. The molecule has 0 saturated heterocycles. The summed E-state index contributed by atoms with van der Waals surface area (Å²) >= 11 is 5.92. The lowest BCUT2D eigenvalue weighted by Gasteiger charge is -2.29. The van der Waals surface area contributed by atoms with E-state index in [-0.39, 0.29) is 12.0 Å². The van der Waals surface area contributed by atoms with Crippen molar-refractivity contribution < 1.29 is 17.9 Å². The van der Waals surface area contributed by atoms with Gasteiger partial charge in [0.2, 0.25) is 15.9 Å². The fourth-order valence-corrected chi connectivity index (χ4v) is 4.92. The Bertz CT molecular complexity index is 1040. The van der Waals surface area contributed by atoms with Crippen molar-refractivity contribution in [2.45, 2.75) is 52.6 Å². The third-order valence-electron chi connectivity index (χ3n) is 5.24. The van der Waals surface area contributed by atoms with E-state index in [4.69, 9.17) is 16.3 Å². The van der Waals surface area contributed by atoms with E-state index in [2.05, 4.69) is 19.2 Å². The number of aryl methyl sites for hydroxylation is 1. The molecule has 0 aromatic heterocycles. The van der Waals surface area contributed by atoms with Crippen molar-refractivity contribution in [2.75, 3.05) is 17.7 Å². The number of hydrogen-bond acceptors (Lipinski definition) is 4. The summed E-state index contributed by atoms with van der Waals surface area (Å²) in [4.78, 5) is 13.0. The Morgan fingerprint density at radius 3 is 2.13 bits per heavy atom. The molecule has 2 aromatic rings. The Morgan fingerprint density at radius 2 is 1.65 bits per heavy atom. The van der Waals surface area contributed by atoms with E-state index in [1.807, 2.05) is 26.0 Å². The molecule has 0 aliphatic heterocycles. The van der Waals surface area contributed by atoms with Crippen molar-refractivity contribution in [3.63, 3.8) is 0 Å². The molecule has 0 radical (unpaired) electrons. The van der Waals surface area contributed by atoms with E-state index in [1.165, 1.54) is 0 Å². The van der Waals surface area contributed by atoms with Gasteiger partial charge in [-0.05, 0) is 79.8 Å². The fourth-order valence-electron chi connectivity index (χ4n) is 3.62. The molecule has 2 atom stereocenters. The van der Waals surface area contributed by atoms with Crippen LogP contribution in [0, 0.1) is 6.92 Å². The summed E-state index contributed by atoms with van der Waals surface area (Å²) in [6.45, 7) is 9.58. The van der Waals surface area contributed by atoms with E-state index >= 15 is 0 Å². The van der Waals surface area contributed by atoms with Crippen molar-refractivity contribution in [3.05, 3.63) is 58.1 Å². The lowest BCUT2D eigenvalue weighted by molar-refractivity contribution is -0.122. The maximum atomic E-state index is 13.0. The second kappa shape index (κ2) is 9.92. The molecule has 170 valence electrons. The van der Waals surface area contributed by atoms with E-state index < -0.39 is 22.0 Å². The Balaban J connectivity index is 2.32. The molecule has 0 bridgehead atoms. The van der Waals surface area contributed by atoms with E-state index in [1.54, 1.807) is 38.3 Å². The molecule has 0 aliphatic rings. The zero-order valence-corrected chi connectivity index (χ0v) is 20.6. The number of ether oxygens (including phenoxy) is 1. The summed E-state index contributed by atoms with van der Waals surface area (Å²) in [7, 11) is -2.06. The number of rotatable bonds is 8. The van der Waals surface area contributed by atoms with Crippen molar-refractivity contribution >= 4 is 33.2 Å². The molecule has 8 heteroatoms. The van der Waals surface area contributed by atoms with Crippen LogP contribution in [0.3, 0.4) is 0 Å². The third kappa shape index (κ3) is 5.92. The number of amides is 1. The largest absolute Gasteiger partial charge is 0.496 e. The fraction of sp³-hybridized carbons (Fsp3) is 0.435. The van der Waals surface area contributed by atoms with Gasteiger partial charge in [-0.3, -0.25) is 9.10 Å². The van der Waals surface area contributed by atoms with Gasteiger partial charge in [0.1, 0.15) is 11.8 Å². The zero-order valence-electron chi connectivity index (χ0n) is 19.1. The van der Waals surface area contributed by atoms with Crippen LogP contribution in [0.25, 0.3) is 0 Å². The smallest absolute Gasteiger partial charge is 0.244 e. The first kappa shape index (κ1) is 25.0. The third-order valence-corrected chi connectivity index (χ3v) is 6.73. The molecular formula is C23H31ClN2O4S. The number of nitrogens with zero attached hydrogens (tertiary/aromatic N) is 1. The van der Waals surface area contributed by atoms with Crippen LogP contribution in [0.2, 0.25) is 5.02 Å². The maximum absolute atomic E-state index is 13.0. The number of anilines is 1. The molecule has 0 aliphatic carbocycles. The number of carbonyl (C=O) groups excluding carboxylic acids is 1. The molecule has 0 heterocycles. The summed E-state index contributed by atoms with van der Waals surface area (Å²) < 4.78 is 31.5. The molecule has 1 amide bonds. The number of nitrogens with one attached hydrogen (secondary N) is 1. The summed E-state index contributed by atoms with van der Waals surface area (Å²) in [5.41, 5.74) is 3.38. The predicted octanol–water partition coefficient (Wildman–Crippen LogP) is 4.81. The van der Waals surface area contributed by atoms with Gasteiger partial charge in [-0.1, -0.05) is 25.4 Å². The van der Waals surface area contributed by atoms with Crippen LogP contribution >= 0.6 is 11.6 Å². The lowest BCUT2D eigenvalue weighted by Crippen LogP contribution is -2.48. The van der Waals surface area contributed by atoms with Crippen LogP contribution in [-0.4, -0.2) is 33.7 Å². The minimum Gasteiger partial charge on any atom is -0.496 e. The average Bonchev–Trinajstić information content (AvgIpc) is 2.67. The van der Waals surface area contributed by atoms with Gasteiger partial charge in [0.15, 0.2) is 0 Å². The number of carbonyl (C=O) groups is 1. The number of sulfonamides is 1. The van der Waals surface area contributed by atoms with Crippen LogP contribution in [0.1, 0.15) is 56.3 Å². The van der Waals surface area contributed by atoms with Crippen LogP contribution in [-0.2, 0) is 14.8 Å². The van der Waals surface area contributed by atoms with Gasteiger partial charge < -0.3 is 10.1 Å². The molecular weight excluding hydrogens is 436 g/mol. The summed E-state index contributed by atoms with van der Waals surface area (Å²) in [6, 6.07) is 9.10. The van der Waals surface area contributed by atoms with Crippen LogP contribution in [0.4, 0.5) is 5.69 Å². The number of halogens is 1. The molecule has 2 aromatic carbocycles. The van der Waals surface area contributed by atoms with Crippen molar-refractivity contribution in [2.24, 2.45) is 0 Å². The van der Waals surface area contributed by atoms with Gasteiger partial charge >= 0.3 is 0 Å². The number of methoxy groups -OCH3 is 1. The van der Waals surface area contributed by atoms with Gasteiger partial charge in [0, 0.05) is 5.02 Å².